The molecule has 90 valence electrons. The van der Waals surface area contributed by atoms with Gasteiger partial charge < -0.3 is 5.32 Å². The number of rotatable bonds is 4. The van der Waals surface area contributed by atoms with Crippen molar-refractivity contribution in [2.24, 2.45) is 0 Å². The van der Waals surface area contributed by atoms with Gasteiger partial charge in [0, 0.05) is 12.5 Å². The summed E-state index contributed by atoms with van der Waals surface area (Å²) in [5, 5.41) is 7.40. The van der Waals surface area contributed by atoms with E-state index in [1.807, 2.05) is 7.05 Å². The number of aromatic nitrogens is 3. The van der Waals surface area contributed by atoms with Gasteiger partial charge in [0.25, 0.3) is 0 Å². The summed E-state index contributed by atoms with van der Waals surface area (Å²) in [5.74, 6) is 1.36. The second-order valence-corrected chi connectivity index (χ2v) is 4.48. The monoisotopic (exact) mass is 224 g/mol. The molecular formula is C11H20N4O. The van der Waals surface area contributed by atoms with Crippen LogP contribution in [0.3, 0.4) is 0 Å². The molecule has 2 rings (SSSR count). The number of hydrogen-bond acceptors (Lipinski definition) is 3. The van der Waals surface area contributed by atoms with E-state index in [0.29, 0.717) is 12.5 Å². The van der Waals surface area contributed by atoms with Crippen molar-refractivity contribution in [3.63, 3.8) is 0 Å². The highest BCUT2D eigenvalue weighted by Crippen LogP contribution is 2.29. The molecular weight excluding hydrogens is 204 g/mol. The van der Waals surface area contributed by atoms with E-state index in [2.05, 4.69) is 15.4 Å². The molecule has 0 unspecified atom stereocenters. The fourth-order valence-electron chi connectivity index (χ4n) is 2.30. The summed E-state index contributed by atoms with van der Waals surface area (Å²) in [5.41, 5.74) is -0.0733. The molecule has 0 aromatic carbocycles. The molecule has 1 aromatic rings. The Hall–Kier alpha value is -1.10. The van der Waals surface area contributed by atoms with Gasteiger partial charge in [-0.25, -0.2) is 9.48 Å². The van der Waals surface area contributed by atoms with Crippen LogP contribution in [-0.4, -0.2) is 28.4 Å². The molecule has 1 saturated carbocycles. The molecule has 0 aliphatic heterocycles. The number of aromatic amines is 1. The van der Waals surface area contributed by atoms with Crippen LogP contribution in [0.1, 0.15) is 43.8 Å². The van der Waals surface area contributed by atoms with E-state index in [9.17, 15) is 4.79 Å². The molecule has 0 spiro atoms. The number of H-pyrrole nitrogens is 1. The maximum absolute atomic E-state index is 11.6. The summed E-state index contributed by atoms with van der Waals surface area (Å²) in [4.78, 5) is 14.5. The first-order valence-electron chi connectivity index (χ1n) is 6.13. The van der Waals surface area contributed by atoms with Gasteiger partial charge in [0.05, 0.1) is 6.54 Å². The molecule has 2 N–H and O–H groups in total. The van der Waals surface area contributed by atoms with E-state index in [-0.39, 0.29) is 5.69 Å². The molecule has 0 radical (unpaired) electrons. The van der Waals surface area contributed by atoms with Gasteiger partial charge in [-0.05, 0) is 19.9 Å². The Kier molecular flexibility index (Phi) is 3.77. The third-order valence-electron chi connectivity index (χ3n) is 3.26. The third-order valence-corrected chi connectivity index (χ3v) is 3.26. The first-order chi connectivity index (χ1) is 7.81. The Balaban J connectivity index is 2.07. The lowest BCUT2D eigenvalue weighted by molar-refractivity contribution is 0.425. The summed E-state index contributed by atoms with van der Waals surface area (Å²) in [6.07, 6.45) is 6.17. The van der Waals surface area contributed by atoms with Gasteiger partial charge in [0.1, 0.15) is 5.82 Å². The topological polar surface area (TPSA) is 62.7 Å². The quantitative estimate of drug-likeness (QED) is 0.796. The van der Waals surface area contributed by atoms with E-state index in [4.69, 9.17) is 0 Å². The lowest BCUT2D eigenvalue weighted by atomic mass is 9.89. The molecule has 5 heteroatoms. The molecule has 16 heavy (non-hydrogen) atoms. The van der Waals surface area contributed by atoms with Crippen LogP contribution in [0.4, 0.5) is 0 Å². The minimum Gasteiger partial charge on any atom is -0.318 e. The van der Waals surface area contributed by atoms with Gasteiger partial charge in [-0.3, -0.25) is 4.98 Å². The largest absolute Gasteiger partial charge is 0.343 e. The highest BCUT2D eigenvalue weighted by Gasteiger charge is 2.19. The first-order valence-corrected chi connectivity index (χ1v) is 6.13. The summed E-state index contributed by atoms with van der Waals surface area (Å²) in [6, 6.07) is 0. The van der Waals surface area contributed by atoms with Crippen molar-refractivity contribution in [3.8, 4) is 0 Å². The van der Waals surface area contributed by atoms with Gasteiger partial charge in [-0.1, -0.05) is 19.3 Å². The molecule has 1 aromatic heterocycles. The molecule has 5 nitrogen and oxygen atoms in total. The van der Waals surface area contributed by atoms with Crippen molar-refractivity contribution >= 4 is 0 Å². The lowest BCUT2D eigenvalue weighted by Gasteiger charge is -2.18. The molecule has 0 saturated heterocycles. The standard InChI is InChI=1S/C11H20N4O/c1-12-7-8-15-11(16)13-10(14-15)9-5-3-2-4-6-9/h9,12H,2-8H2,1H3,(H,13,14,16). The van der Waals surface area contributed by atoms with Crippen LogP contribution in [0.25, 0.3) is 0 Å². The highest BCUT2D eigenvalue weighted by atomic mass is 16.1. The first kappa shape index (κ1) is 11.4. The van der Waals surface area contributed by atoms with Crippen molar-refractivity contribution in [1.82, 2.24) is 20.1 Å². The minimum atomic E-state index is -0.0733. The summed E-state index contributed by atoms with van der Waals surface area (Å²) in [6.45, 7) is 1.41. The number of hydrogen-bond donors (Lipinski definition) is 2. The normalized spacial score (nSPS) is 17.8. The maximum atomic E-state index is 11.6. The average molecular weight is 224 g/mol. The van der Waals surface area contributed by atoms with Crippen LogP contribution in [0.2, 0.25) is 0 Å². The van der Waals surface area contributed by atoms with Gasteiger partial charge in [0.2, 0.25) is 0 Å². The van der Waals surface area contributed by atoms with Crippen molar-refractivity contribution in [2.75, 3.05) is 13.6 Å². The van der Waals surface area contributed by atoms with E-state index >= 15 is 0 Å². The van der Waals surface area contributed by atoms with E-state index < -0.39 is 0 Å². The maximum Gasteiger partial charge on any atom is 0.343 e. The molecule has 1 fully saturated rings. The summed E-state index contributed by atoms with van der Waals surface area (Å²) in [7, 11) is 1.87. The predicted molar refractivity (Wildman–Crippen MR) is 62.6 cm³/mol. The summed E-state index contributed by atoms with van der Waals surface area (Å²) < 4.78 is 1.53. The van der Waals surface area contributed by atoms with Gasteiger partial charge >= 0.3 is 5.69 Å². The van der Waals surface area contributed by atoms with Crippen molar-refractivity contribution in [1.29, 1.82) is 0 Å². The molecule has 1 aliphatic carbocycles. The Morgan fingerprint density at radius 1 is 1.44 bits per heavy atom. The van der Waals surface area contributed by atoms with E-state index in [1.54, 1.807) is 0 Å². The molecule has 1 heterocycles. The van der Waals surface area contributed by atoms with Gasteiger partial charge in [0.15, 0.2) is 0 Å². The van der Waals surface area contributed by atoms with Crippen LogP contribution in [0, 0.1) is 0 Å². The Bertz CT molecular complexity index is 376. The summed E-state index contributed by atoms with van der Waals surface area (Å²) >= 11 is 0. The van der Waals surface area contributed by atoms with E-state index in [0.717, 1.165) is 12.4 Å². The second kappa shape index (κ2) is 5.30. The van der Waals surface area contributed by atoms with Crippen molar-refractivity contribution in [3.05, 3.63) is 16.3 Å². The Morgan fingerprint density at radius 3 is 2.88 bits per heavy atom. The zero-order valence-corrected chi connectivity index (χ0v) is 9.83. The molecule has 0 bridgehead atoms. The number of nitrogens with zero attached hydrogens (tertiary/aromatic N) is 2. The van der Waals surface area contributed by atoms with Crippen LogP contribution in [0.5, 0.6) is 0 Å². The van der Waals surface area contributed by atoms with Gasteiger partial charge in [-0.2, -0.15) is 5.10 Å². The Morgan fingerprint density at radius 2 is 2.19 bits per heavy atom. The fourth-order valence-corrected chi connectivity index (χ4v) is 2.30. The van der Waals surface area contributed by atoms with Crippen LogP contribution in [-0.2, 0) is 6.54 Å². The van der Waals surface area contributed by atoms with Crippen LogP contribution in [0.15, 0.2) is 4.79 Å². The molecule has 0 atom stereocenters. The predicted octanol–water partition coefficient (Wildman–Crippen LogP) is 0.838. The zero-order chi connectivity index (χ0) is 11.4. The molecule has 0 amide bonds. The second-order valence-electron chi connectivity index (χ2n) is 4.48. The third kappa shape index (κ3) is 2.52. The Labute approximate surface area is 95.2 Å². The fraction of sp³-hybridized carbons (Fsp3) is 0.818. The SMILES string of the molecule is CNCCn1nc(C2CCCCC2)[nH]c1=O. The number of nitrogens with one attached hydrogen (secondary N) is 2. The van der Waals surface area contributed by atoms with Crippen LogP contribution >= 0.6 is 0 Å². The van der Waals surface area contributed by atoms with Gasteiger partial charge in [-0.15, -0.1) is 0 Å². The minimum absolute atomic E-state index is 0.0733. The average Bonchev–Trinajstić information content (AvgIpc) is 2.69. The molecule has 1 aliphatic rings. The number of likely N-dealkylation sites (N-methyl/N-ethyl adjacent to an activating group) is 1. The van der Waals surface area contributed by atoms with Crippen molar-refractivity contribution in [2.45, 2.75) is 44.6 Å². The zero-order valence-electron chi connectivity index (χ0n) is 9.83. The highest BCUT2D eigenvalue weighted by molar-refractivity contribution is 4.95. The smallest absolute Gasteiger partial charge is 0.318 e. The van der Waals surface area contributed by atoms with E-state index in [1.165, 1.54) is 36.8 Å². The van der Waals surface area contributed by atoms with Crippen molar-refractivity contribution < 1.29 is 0 Å². The van der Waals surface area contributed by atoms with Crippen LogP contribution < -0.4 is 11.0 Å². The lowest BCUT2D eigenvalue weighted by Crippen LogP contribution is -2.24.